The highest BCUT2D eigenvalue weighted by atomic mass is 15.3. The number of hydrogen-bond acceptors (Lipinski definition) is 5. The van der Waals surface area contributed by atoms with Crippen LogP contribution in [0.5, 0.6) is 0 Å². The molecule has 7 nitrogen and oxygen atoms in total. The van der Waals surface area contributed by atoms with Crippen molar-refractivity contribution in [3.63, 3.8) is 0 Å². The molecule has 3 heterocycles. The fraction of sp³-hybridized carbons (Fsp3) is 0.500. The number of rotatable bonds is 4. The number of fused-ring (bicyclic) bond motifs is 1. The van der Waals surface area contributed by atoms with Gasteiger partial charge in [0.15, 0.2) is 5.82 Å². The SMILES string of the molecule is Cc1nn(C(C)C)cc1Nc1nc(C2CCC2)nc2cn[nH]c12. The van der Waals surface area contributed by atoms with Crippen molar-refractivity contribution in [2.24, 2.45) is 0 Å². The molecule has 3 aromatic heterocycles. The molecule has 4 rings (SSSR count). The Labute approximate surface area is 134 Å². The van der Waals surface area contributed by atoms with Gasteiger partial charge in [0.1, 0.15) is 16.9 Å². The number of aromatic amines is 1. The van der Waals surface area contributed by atoms with Gasteiger partial charge in [-0.3, -0.25) is 9.78 Å². The van der Waals surface area contributed by atoms with Gasteiger partial charge >= 0.3 is 0 Å². The first-order valence-corrected chi connectivity index (χ1v) is 8.15. The first-order chi connectivity index (χ1) is 11.1. The van der Waals surface area contributed by atoms with Crippen LogP contribution in [0.2, 0.25) is 0 Å². The molecule has 3 aromatic rings. The molecule has 23 heavy (non-hydrogen) atoms. The molecule has 1 aliphatic rings. The van der Waals surface area contributed by atoms with Gasteiger partial charge in [-0.25, -0.2) is 9.97 Å². The zero-order valence-electron chi connectivity index (χ0n) is 13.7. The fourth-order valence-electron chi connectivity index (χ4n) is 2.79. The molecular formula is C16H21N7. The molecule has 0 saturated heterocycles. The second-order valence-corrected chi connectivity index (χ2v) is 6.52. The van der Waals surface area contributed by atoms with E-state index in [4.69, 9.17) is 4.98 Å². The average Bonchev–Trinajstić information content (AvgIpc) is 3.04. The maximum Gasteiger partial charge on any atom is 0.160 e. The summed E-state index contributed by atoms with van der Waals surface area (Å²) in [6, 6.07) is 0.326. The van der Waals surface area contributed by atoms with Crippen molar-refractivity contribution in [2.75, 3.05) is 5.32 Å². The minimum atomic E-state index is 0.326. The van der Waals surface area contributed by atoms with Gasteiger partial charge in [-0.2, -0.15) is 10.2 Å². The van der Waals surface area contributed by atoms with E-state index in [0.717, 1.165) is 34.1 Å². The van der Waals surface area contributed by atoms with Crippen molar-refractivity contribution >= 4 is 22.5 Å². The number of hydrogen-bond donors (Lipinski definition) is 2. The zero-order chi connectivity index (χ0) is 16.0. The fourth-order valence-corrected chi connectivity index (χ4v) is 2.79. The third kappa shape index (κ3) is 2.46. The second-order valence-electron chi connectivity index (χ2n) is 6.52. The molecule has 1 fully saturated rings. The molecule has 0 bridgehead atoms. The number of nitrogens with zero attached hydrogens (tertiary/aromatic N) is 5. The Bertz CT molecular complexity index is 841. The van der Waals surface area contributed by atoms with Crippen LogP contribution in [-0.4, -0.2) is 29.9 Å². The molecule has 0 amide bonds. The number of H-pyrrole nitrogens is 1. The summed E-state index contributed by atoms with van der Waals surface area (Å²) in [6.07, 6.45) is 7.39. The summed E-state index contributed by atoms with van der Waals surface area (Å²) in [4.78, 5) is 9.40. The molecule has 1 aliphatic carbocycles. The van der Waals surface area contributed by atoms with E-state index in [2.05, 4.69) is 39.4 Å². The number of nitrogens with one attached hydrogen (secondary N) is 2. The van der Waals surface area contributed by atoms with Gasteiger partial charge in [-0.05, 0) is 33.6 Å². The summed E-state index contributed by atoms with van der Waals surface area (Å²) in [5.74, 6) is 2.18. The van der Waals surface area contributed by atoms with Crippen LogP contribution in [0, 0.1) is 6.92 Å². The summed E-state index contributed by atoms with van der Waals surface area (Å²) < 4.78 is 1.95. The molecule has 120 valence electrons. The van der Waals surface area contributed by atoms with E-state index in [9.17, 15) is 0 Å². The van der Waals surface area contributed by atoms with Crippen LogP contribution >= 0.6 is 0 Å². The minimum Gasteiger partial charge on any atom is -0.336 e. The van der Waals surface area contributed by atoms with Crippen molar-refractivity contribution in [3.05, 3.63) is 23.9 Å². The third-order valence-electron chi connectivity index (χ3n) is 4.49. The maximum absolute atomic E-state index is 4.76. The van der Waals surface area contributed by atoms with Gasteiger partial charge < -0.3 is 5.32 Å². The predicted octanol–water partition coefficient (Wildman–Crippen LogP) is 3.45. The highest BCUT2D eigenvalue weighted by molar-refractivity contribution is 5.86. The van der Waals surface area contributed by atoms with E-state index in [1.165, 1.54) is 19.3 Å². The molecule has 2 N–H and O–H groups in total. The van der Waals surface area contributed by atoms with E-state index in [0.29, 0.717) is 12.0 Å². The van der Waals surface area contributed by atoms with E-state index >= 15 is 0 Å². The third-order valence-corrected chi connectivity index (χ3v) is 4.49. The predicted molar refractivity (Wildman–Crippen MR) is 88.9 cm³/mol. The molecule has 0 aliphatic heterocycles. The normalized spacial score (nSPS) is 15.3. The Morgan fingerprint density at radius 3 is 2.78 bits per heavy atom. The zero-order valence-corrected chi connectivity index (χ0v) is 13.7. The summed E-state index contributed by atoms with van der Waals surface area (Å²) >= 11 is 0. The van der Waals surface area contributed by atoms with Gasteiger partial charge in [0.2, 0.25) is 0 Å². The van der Waals surface area contributed by atoms with E-state index in [-0.39, 0.29) is 0 Å². The Morgan fingerprint density at radius 1 is 1.30 bits per heavy atom. The first-order valence-electron chi connectivity index (χ1n) is 8.15. The lowest BCUT2D eigenvalue weighted by Gasteiger charge is -2.24. The number of aryl methyl sites for hydroxylation is 1. The Balaban J connectivity index is 1.74. The lowest BCUT2D eigenvalue weighted by Crippen LogP contribution is -2.13. The van der Waals surface area contributed by atoms with Gasteiger partial charge in [-0.15, -0.1) is 0 Å². The van der Waals surface area contributed by atoms with Crippen LogP contribution in [0.3, 0.4) is 0 Å². The summed E-state index contributed by atoms with van der Waals surface area (Å²) in [5.41, 5.74) is 3.62. The van der Waals surface area contributed by atoms with Crippen LogP contribution in [0.4, 0.5) is 11.5 Å². The largest absolute Gasteiger partial charge is 0.336 e. The van der Waals surface area contributed by atoms with Gasteiger partial charge in [-0.1, -0.05) is 6.42 Å². The van der Waals surface area contributed by atoms with E-state index in [1.54, 1.807) is 6.20 Å². The maximum atomic E-state index is 4.76. The van der Waals surface area contributed by atoms with E-state index in [1.807, 2.05) is 17.8 Å². The van der Waals surface area contributed by atoms with Crippen molar-refractivity contribution in [1.29, 1.82) is 0 Å². The molecule has 0 radical (unpaired) electrons. The summed E-state index contributed by atoms with van der Waals surface area (Å²) in [5, 5.41) is 15.1. The molecule has 0 unspecified atom stereocenters. The molecule has 7 heteroatoms. The topological polar surface area (TPSA) is 84.3 Å². The van der Waals surface area contributed by atoms with Crippen molar-refractivity contribution in [3.8, 4) is 0 Å². The average molecular weight is 311 g/mol. The quantitative estimate of drug-likeness (QED) is 0.771. The summed E-state index contributed by atoms with van der Waals surface area (Å²) in [6.45, 7) is 6.23. The smallest absolute Gasteiger partial charge is 0.160 e. The van der Waals surface area contributed by atoms with Crippen LogP contribution in [0.1, 0.15) is 56.6 Å². The van der Waals surface area contributed by atoms with Crippen molar-refractivity contribution in [2.45, 2.75) is 52.0 Å². The van der Waals surface area contributed by atoms with Crippen LogP contribution in [0.25, 0.3) is 11.0 Å². The molecule has 0 aromatic carbocycles. The monoisotopic (exact) mass is 311 g/mol. The van der Waals surface area contributed by atoms with Crippen molar-refractivity contribution in [1.82, 2.24) is 29.9 Å². The molecule has 1 saturated carbocycles. The van der Waals surface area contributed by atoms with Gasteiger partial charge in [0.25, 0.3) is 0 Å². The lowest BCUT2D eigenvalue weighted by atomic mass is 9.85. The first kappa shape index (κ1) is 14.2. The Hall–Kier alpha value is -2.44. The van der Waals surface area contributed by atoms with Gasteiger partial charge in [0.05, 0.1) is 17.6 Å². The summed E-state index contributed by atoms with van der Waals surface area (Å²) in [7, 11) is 0. The second kappa shape index (κ2) is 5.33. The van der Waals surface area contributed by atoms with Crippen LogP contribution in [0.15, 0.2) is 12.4 Å². The highest BCUT2D eigenvalue weighted by Gasteiger charge is 2.24. The lowest BCUT2D eigenvalue weighted by molar-refractivity contribution is 0.403. The minimum absolute atomic E-state index is 0.326. The standard InChI is InChI=1S/C16H21N7/c1-9(2)23-8-13(10(3)22-23)19-16-14-12(7-17-21-14)18-15(20-16)11-5-4-6-11/h7-9,11H,4-6H2,1-3H3,(H,17,21)(H,18,19,20). The molecular weight excluding hydrogens is 290 g/mol. The van der Waals surface area contributed by atoms with Gasteiger partial charge in [0, 0.05) is 18.2 Å². The van der Waals surface area contributed by atoms with E-state index < -0.39 is 0 Å². The Morgan fingerprint density at radius 2 is 2.13 bits per heavy atom. The molecule has 0 spiro atoms. The van der Waals surface area contributed by atoms with Crippen molar-refractivity contribution < 1.29 is 0 Å². The number of aromatic nitrogens is 6. The van der Waals surface area contributed by atoms with Crippen LogP contribution < -0.4 is 5.32 Å². The van der Waals surface area contributed by atoms with Crippen LogP contribution in [-0.2, 0) is 0 Å². The molecule has 0 atom stereocenters. The Kier molecular flexibility index (Phi) is 3.28. The highest BCUT2D eigenvalue weighted by Crippen LogP contribution is 2.36. The number of anilines is 2.